The normalized spacial score (nSPS) is 16.7. The van der Waals surface area contributed by atoms with Gasteiger partial charge in [-0.1, -0.05) is 12.1 Å². The van der Waals surface area contributed by atoms with E-state index < -0.39 is 12.1 Å². The Morgan fingerprint density at radius 3 is 2.47 bits per heavy atom. The molecule has 1 fully saturated rings. The van der Waals surface area contributed by atoms with Gasteiger partial charge in [0.15, 0.2) is 0 Å². The van der Waals surface area contributed by atoms with Crippen molar-refractivity contribution in [1.82, 2.24) is 25.7 Å². The molecule has 2 unspecified atom stereocenters. The molecule has 0 aliphatic carbocycles. The third-order valence-electron chi connectivity index (χ3n) is 5.24. The molecular formula is C20H29ClN5O4-. The van der Waals surface area contributed by atoms with E-state index in [9.17, 15) is 15.0 Å². The minimum atomic E-state index is -0.496. The summed E-state index contributed by atoms with van der Waals surface area (Å²) in [7, 11) is 3.63. The van der Waals surface area contributed by atoms with Gasteiger partial charge in [0.1, 0.15) is 17.8 Å². The molecule has 9 nitrogen and oxygen atoms in total. The van der Waals surface area contributed by atoms with Gasteiger partial charge in [-0.05, 0) is 57.7 Å². The minimum Gasteiger partial charge on any atom is -1.00 e. The lowest BCUT2D eigenvalue weighted by Gasteiger charge is -2.24. The predicted molar refractivity (Wildman–Crippen MR) is 106 cm³/mol. The first-order valence-electron chi connectivity index (χ1n) is 9.87. The Balaban J connectivity index is 0.00000320. The zero-order valence-electron chi connectivity index (χ0n) is 17.2. The Bertz CT molecular complexity index is 793. The summed E-state index contributed by atoms with van der Waals surface area (Å²) in [6.07, 6.45) is 2.03. The number of benzene rings is 1. The lowest BCUT2D eigenvalue weighted by Crippen LogP contribution is -3.00. The number of amides is 1. The van der Waals surface area contributed by atoms with E-state index in [-0.39, 0.29) is 36.6 Å². The summed E-state index contributed by atoms with van der Waals surface area (Å²) < 4.78 is 5.84. The number of piperidine rings is 1. The van der Waals surface area contributed by atoms with E-state index in [0.717, 1.165) is 31.5 Å². The van der Waals surface area contributed by atoms with Crippen LogP contribution in [0.3, 0.4) is 0 Å². The summed E-state index contributed by atoms with van der Waals surface area (Å²) in [5, 5.41) is 33.7. The average molecular weight is 439 g/mol. The molecule has 1 amide bonds. The Hall–Kier alpha value is -2.20. The third-order valence-corrected chi connectivity index (χ3v) is 5.24. The van der Waals surface area contributed by atoms with E-state index in [0.29, 0.717) is 18.2 Å². The van der Waals surface area contributed by atoms with Gasteiger partial charge in [-0.2, -0.15) is 0 Å². The number of aromatic hydroxyl groups is 1. The molecule has 1 aliphatic heterocycles. The average Bonchev–Trinajstić information content (AvgIpc) is 3.19. The largest absolute Gasteiger partial charge is 1.00 e. The summed E-state index contributed by atoms with van der Waals surface area (Å²) in [5.41, 5.74) is 0.921. The fraction of sp³-hybridized carbons (Fsp3) is 0.550. The van der Waals surface area contributed by atoms with Gasteiger partial charge >= 0.3 is 0 Å². The van der Waals surface area contributed by atoms with E-state index in [4.69, 9.17) is 4.42 Å². The fourth-order valence-electron chi connectivity index (χ4n) is 3.43. The fourth-order valence-corrected chi connectivity index (χ4v) is 3.43. The van der Waals surface area contributed by atoms with Crippen molar-refractivity contribution in [2.75, 3.05) is 33.8 Å². The number of nitrogens with one attached hydrogen (secondary N) is 2. The molecule has 0 saturated carbocycles. The van der Waals surface area contributed by atoms with Gasteiger partial charge in [0, 0.05) is 12.3 Å². The zero-order valence-corrected chi connectivity index (χ0v) is 18.0. The molecule has 2 atom stereocenters. The number of nitrogens with zero attached hydrogens (tertiary/aromatic N) is 3. The molecule has 0 radical (unpaired) electrons. The highest BCUT2D eigenvalue weighted by molar-refractivity contribution is 5.79. The molecule has 0 bridgehead atoms. The Labute approximate surface area is 182 Å². The monoisotopic (exact) mass is 438 g/mol. The number of carbonyl (C=O) groups excluding carboxylic acids is 1. The van der Waals surface area contributed by atoms with Crippen molar-refractivity contribution in [1.29, 1.82) is 0 Å². The van der Waals surface area contributed by atoms with Crippen LogP contribution < -0.4 is 23.0 Å². The van der Waals surface area contributed by atoms with E-state index in [2.05, 4.69) is 20.8 Å². The summed E-state index contributed by atoms with van der Waals surface area (Å²) in [4.78, 5) is 14.6. The quantitative estimate of drug-likeness (QED) is 0.365. The van der Waals surface area contributed by atoms with Gasteiger partial charge in [-0.25, -0.2) is 0 Å². The number of aliphatic hydroxyl groups excluding tert-OH is 1. The molecule has 1 aliphatic rings. The molecule has 0 spiro atoms. The molecule has 10 heteroatoms. The van der Waals surface area contributed by atoms with Crippen LogP contribution in [0.5, 0.6) is 5.75 Å². The highest BCUT2D eigenvalue weighted by atomic mass is 35.5. The number of hydrogen-bond acceptors (Lipinski definition) is 8. The van der Waals surface area contributed by atoms with Gasteiger partial charge in [0.05, 0.1) is 6.61 Å². The van der Waals surface area contributed by atoms with E-state index in [1.165, 1.54) is 0 Å². The van der Waals surface area contributed by atoms with Crippen LogP contribution in [0.25, 0.3) is 0 Å². The number of likely N-dealkylation sites (N-methyl/N-ethyl adjacent to an activating group) is 1. The number of aliphatic hydroxyl groups is 1. The number of rotatable bonds is 8. The lowest BCUT2D eigenvalue weighted by atomic mass is 9.96. The smallest absolute Gasteiger partial charge is 0.239 e. The second-order valence-corrected chi connectivity index (χ2v) is 7.60. The highest BCUT2D eigenvalue weighted by Crippen LogP contribution is 2.24. The van der Waals surface area contributed by atoms with Crippen LogP contribution in [0.4, 0.5) is 0 Å². The number of halogens is 1. The summed E-state index contributed by atoms with van der Waals surface area (Å²) in [6, 6.07) is 5.90. The first-order chi connectivity index (χ1) is 14.0. The topological polar surface area (TPSA) is 124 Å². The standard InChI is InChI=1S/C20H29N5O4.ClH/c1-25(2)17(12-26)20-24-23-19(29-20)16(11-13-3-5-15(27)6-4-13)22-18(28)14-7-9-21-10-8-14;/h3-6,14,16-17,21,26-27H,7-12H2,1-2H3,(H,22,28);1H/p-1. The van der Waals surface area contributed by atoms with Crippen molar-refractivity contribution >= 4 is 5.91 Å². The van der Waals surface area contributed by atoms with Gasteiger partial charge in [0.2, 0.25) is 17.7 Å². The van der Waals surface area contributed by atoms with Gasteiger partial charge in [0.25, 0.3) is 0 Å². The van der Waals surface area contributed by atoms with Crippen LogP contribution in [-0.2, 0) is 11.2 Å². The Kier molecular flexibility index (Phi) is 9.04. The maximum atomic E-state index is 12.8. The number of aromatic nitrogens is 2. The molecule has 1 aromatic heterocycles. The van der Waals surface area contributed by atoms with Crippen molar-refractivity contribution < 1.29 is 31.8 Å². The van der Waals surface area contributed by atoms with Crippen molar-refractivity contribution in [2.24, 2.45) is 5.92 Å². The number of phenols is 1. The van der Waals surface area contributed by atoms with Crippen molar-refractivity contribution in [2.45, 2.75) is 31.3 Å². The van der Waals surface area contributed by atoms with Crippen molar-refractivity contribution in [3.05, 3.63) is 41.6 Å². The van der Waals surface area contributed by atoms with Gasteiger partial charge in [-0.15, -0.1) is 10.2 Å². The van der Waals surface area contributed by atoms with Crippen LogP contribution in [0.15, 0.2) is 28.7 Å². The first-order valence-corrected chi connectivity index (χ1v) is 9.87. The summed E-state index contributed by atoms with van der Waals surface area (Å²) in [5.74, 6) is 0.713. The molecule has 3 rings (SSSR count). The second-order valence-electron chi connectivity index (χ2n) is 7.60. The predicted octanol–water partition coefficient (Wildman–Crippen LogP) is -2.23. The van der Waals surface area contributed by atoms with Gasteiger partial charge in [-0.3, -0.25) is 9.69 Å². The van der Waals surface area contributed by atoms with Crippen LogP contribution in [-0.4, -0.2) is 65.0 Å². The lowest BCUT2D eigenvalue weighted by molar-refractivity contribution is -0.126. The molecular weight excluding hydrogens is 410 g/mol. The SMILES string of the molecule is CN(C)C(CO)c1nnc(C(Cc2ccc(O)cc2)NC(=O)C2CCNCC2)o1.[Cl-]. The van der Waals surface area contributed by atoms with E-state index >= 15 is 0 Å². The van der Waals surface area contributed by atoms with Crippen LogP contribution >= 0.6 is 0 Å². The van der Waals surface area contributed by atoms with Crippen LogP contribution in [0.1, 0.15) is 42.3 Å². The first kappa shape index (κ1) is 24.1. The van der Waals surface area contributed by atoms with Gasteiger partial charge < -0.3 is 37.7 Å². The van der Waals surface area contributed by atoms with Crippen LogP contribution in [0, 0.1) is 5.92 Å². The molecule has 4 N–H and O–H groups in total. The van der Waals surface area contributed by atoms with E-state index in [1.54, 1.807) is 29.2 Å². The van der Waals surface area contributed by atoms with E-state index in [1.807, 2.05) is 14.1 Å². The highest BCUT2D eigenvalue weighted by Gasteiger charge is 2.28. The number of hydrogen-bond donors (Lipinski definition) is 4. The maximum Gasteiger partial charge on any atom is 0.239 e. The number of phenolic OH excluding ortho intramolecular Hbond substituents is 1. The van der Waals surface area contributed by atoms with Crippen molar-refractivity contribution in [3.8, 4) is 5.75 Å². The summed E-state index contributed by atoms with van der Waals surface area (Å²) >= 11 is 0. The zero-order chi connectivity index (χ0) is 20.8. The van der Waals surface area contributed by atoms with Crippen molar-refractivity contribution in [3.63, 3.8) is 0 Å². The second kappa shape index (κ2) is 11.3. The van der Waals surface area contributed by atoms with Crippen LogP contribution in [0.2, 0.25) is 0 Å². The minimum absolute atomic E-state index is 0. The molecule has 1 aromatic carbocycles. The Morgan fingerprint density at radius 1 is 1.23 bits per heavy atom. The molecule has 166 valence electrons. The maximum absolute atomic E-state index is 12.8. The molecule has 2 aromatic rings. The summed E-state index contributed by atoms with van der Waals surface area (Å²) in [6.45, 7) is 1.50. The number of carbonyl (C=O) groups is 1. The molecule has 2 heterocycles. The molecule has 1 saturated heterocycles. The Morgan fingerprint density at radius 2 is 1.87 bits per heavy atom. The molecule has 30 heavy (non-hydrogen) atoms. The third kappa shape index (κ3) is 6.15.